The van der Waals surface area contributed by atoms with Crippen LogP contribution >= 0.6 is 31.9 Å². The molecule has 0 spiro atoms. The van der Waals surface area contributed by atoms with Crippen molar-refractivity contribution in [3.05, 3.63) is 67.2 Å². The zero-order valence-corrected chi connectivity index (χ0v) is 13.7. The van der Waals surface area contributed by atoms with Gasteiger partial charge in [0.15, 0.2) is 11.0 Å². The van der Waals surface area contributed by atoms with E-state index in [2.05, 4.69) is 37.9 Å². The first kappa shape index (κ1) is 14.1. The van der Waals surface area contributed by atoms with Crippen LogP contribution in [0, 0.1) is 11.3 Å². The third-order valence-corrected chi connectivity index (χ3v) is 4.09. The number of nitrogens with zero attached hydrogens (tertiary/aromatic N) is 1. The number of hydrogen-bond donors (Lipinski definition) is 0. The van der Waals surface area contributed by atoms with Gasteiger partial charge in [0.25, 0.3) is 0 Å². The number of fused-ring (bicyclic) bond motifs is 1. The van der Waals surface area contributed by atoms with Crippen molar-refractivity contribution >= 4 is 42.8 Å². The molecular weight excluding hydrogens is 398 g/mol. The molecule has 3 aromatic rings. The summed E-state index contributed by atoms with van der Waals surface area (Å²) in [6, 6.07) is 14.0. The van der Waals surface area contributed by atoms with E-state index in [1.807, 2.05) is 6.07 Å². The van der Waals surface area contributed by atoms with E-state index < -0.39 is 0 Å². The molecule has 0 aliphatic rings. The van der Waals surface area contributed by atoms with Gasteiger partial charge in [0.05, 0.1) is 21.5 Å². The van der Waals surface area contributed by atoms with E-state index in [0.717, 1.165) is 10.0 Å². The van der Waals surface area contributed by atoms with Crippen molar-refractivity contribution in [2.24, 2.45) is 0 Å². The Hall–Kier alpha value is -1.90. The average Bonchev–Trinajstić information content (AvgIpc) is 2.48. The molecule has 0 aliphatic heterocycles. The maximum atomic E-state index is 12.2. The number of benzene rings is 2. The second kappa shape index (κ2) is 5.47. The van der Waals surface area contributed by atoms with Crippen LogP contribution in [0.3, 0.4) is 0 Å². The summed E-state index contributed by atoms with van der Waals surface area (Å²) in [6.07, 6.45) is 0. The third-order valence-electron chi connectivity index (χ3n) is 3.05. The first-order chi connectivity index (χ1) is 10.1. The van der Waals surface area contributed by atoms with Crippen LogP contribution in [-0.2, 0) is 0 Å². The first-order valence-electron chi connectivity index (χ1n) is 6.02. The monoisotopic (exact) mass is 403 g/mol. The first-order valence-corrected chi connectivity index (χ1v) is 7.60. The Morgan fingerprint density at radius 1 is 1.05 bits per heavy atom. The molecule has 5 heteroatoms. The van der Waals surface area contributed by atoms with Crippen molar-refractivity contribution in [1.82, 2.24) is 0 Å². The van der Waals surface area contributed by atoms with Crippen molar-refractivity contribution in [1.29, 1.82) is 5.26 Å². The molecule has 0 saturated carbocycles. The molecule has 2 aromatic carbocycles. The van der Waals surface area contributed by atoms with Crippen LogP contribution in [0.15, 0.2) is 60.6 Å². The maximum Gasteiger partial charge on any atom is 0.193 e. The van der Waals surface area contributed by atoms with Crippen LogP contribution in [0.25, 0.3) is 22.3 Å². The highest BCUT2D eigenvalue weighted by molar-refractivity contribution is 9.11. The van der Waals surface area contributed by atoms with Crippen LogP contribution in [0.2, 0.25) is 0 Å². The summed E-state index contributed by atoms with van der Waals surface area (Å²) in [7, 11) is 0. The van der Waals surface area contributed by atoms with Crippen LogP contribution in [0.4, 0.5) is 0 Å². The molecule has 0 saturated heterocycles. The Balaban J connectivity index is 2.25. The molecule has 1 aromatic heterocycles. The van der Waals surface area contributed by atoms with Gasteiger partial charge in [-0.1, -0.05) is 15.9 Å². The summed E-state index contributed by atoms with van der Waals surface area (Å²) < 4.78 is 7.35. The summed E-state index contributed by atoms with van der Waals surface area (Å²) in [5.74, 6) is 0.472. The lowest BCUT2D eigenvalue weighted by molar-refractivity contribution is 0.617. The molecule has 3 nitrogen and oxygen atoms in total. The van der Waals surface area contributed by atoms with Gasteiger partial charge in [-0.2, -0.15) is 5.26 Å². The minimum absolute atomic E-state index is 0.113. The predicted molar refractivity (Wildman–Crippen MR) is 88.0 cm³/mol. The highest BCUT2D eigenvalue weighted by Crippen LogP contribution is 2.30. The van der Waals surface area contributed by atoms with Crippen molar-refractivity contribution in [3.8, 4) is 17.4 Å². The standard InChI is InChI=1S/C16H7Br2NO2/c17-11-5-12-14(20)7-15(21-16(12)13(18)6-11)10-3-1-9(8-19)2-4-10/h1-7H. The van der Waals surface area contributed by atoms with Gasteiger partial charge in [0.2, 0.25) is 0 Å². The smallest absolute Gasteiger partial charge is 0.193 e. The van der Waals surface area contributed by atoms with Gasteiger partial charge in [-0.25, -0.2) is 0 Å². The van der Waals surface area contributed by atoms with E-state index >= 15 is 0 Å². The molecule has 21 heavy (non-hydrogen) atoms. The Morgan fingerprint density at radius 2 is 1.76 bits per heavy atom. The van der Waals surface area contributed by atoms with Gasteiger partial charge < -0.3 is 4.42 Å². The molecule has 0 unspecified atom stereocenters. The lowest BCUT2D eigenvalue weighted by Crippen LogP contribution is -2.00. The van der Waals surface area contributed by atoms with Crippen LogP contribution in [0.1, 0.15) is 5.56 Å². The number of nitriles is 1. The van der Waals surface area contributed by atoms with Crippen molar-refractivity contribution in [3.63, 3.8) is 0 Å². The number of halogens is 2. The van der Waals surface area contributed by atoms with Crippen molar-refractivity contribution in [2.45, 2.75) is 0 Å². The Labute approximate surface area is 137 Å². The molecule has 0 bridgehead atoms. The quantitative estimate of drug-likeness (QED) is 0.582. The summed E-state index contributed by atoms with van der Waals surface area (Å²) in [6.45, 7) is 0. The zero-order valence-electron chi connectivity index (χ0n) is 10.6. The molecule has 0 N–H and O–H groups in total. The van der Waals surface area contributed by atoms with Gasteiger partial charge in [0.1, 0.15) is 5.76 Å². The SMILES string of the molecule is N#Cc1ccc(-c2cc(=O)c3cc(Br)cc(Br)c3o2)cc1. The minimum atomic E-state index is -0.113. The lowest BCUT2D eigenvalue weighted by Gasteiger charge is -2.05. The summed E-state index contributed by atoms with van der Waals surface area (Å²) in [5.41, 5.74) is 1.71. The van der Waals surface area contributed by atoms with Gasteiger partial charge in [-0.3, -0.25) is 4.79 Å². The van der Waals surface area contributed by atoms with Crippen molar-refractivity contribution < 1.29 is 4.42 Å². The fourth-order valence-electron chi connectivity index (χ4n) is 2.03. The Bertz CT molecular complexity index is 937. The normalized spacial score (nSPS) is 10.5. The van der Waals surface area contributed by atoms with E-state index in [4.69, 9.17) is 9.68 Å². The molecular formula is C16H7Br2NO2. The molecule has 3 rings (SSSR count). The maximum absolute atomic E-state index is 12.2. The fourth-order valence-corrected chi connectivity index (χ4v) is 3.34. The lowest BCUT2D eigenvalue weighted by atomic mass is 10.1. The molecule has 0 amide bonds. The molecule has 0 radical (unpaired) electrons. The minimum Gasteiger partial charge on any atom is -0.455 e. The second-order valence-electron chi connectivity index (χ2n) is 4.43. The van der Waals surface area contributed by atoms with E-state index in [1.165, 1.54) is 6.07 Å². The predicted octanol–water partition coefficient (Wildman–Crippen LogP) is 4.86. The highest BCUT2D eigenvalue weighted by Gasteiger charge is 2.10. The number of rotatable bonds is 1. The molecule has 0 aliphatic carbocycles. The molecule has 0 atom stereocenters. The fraction of sp³-hybridized carbons (Fsp3) is 0. The van der Waals surface area contributed by atoms with Gasteiger partial charge in [0, 0.05) is 16.1 Å². The molecule has 0 fully saturated rings. The summed E-state index contributed by atoms with van der Waals surface area (Å²) >= 11 is 6.76. The highest BCUT2D eigenvalue weighted by atomic mass is 79.9. The molecule has 102 valence electrons. The van der Waals surface area contributed by atoms with E-state index in [9.17, 15) is 4.79 Å². The zero-order chi connectivity index (χ0) is 15.0. The average molecular weight is 405 g/mol. The topological polar surface area (TPSA) is 54.0 Å². The van der Waals surface area contributed by atoms with Crippen molar-refractivity contribution in [2.75, 3.05) is 0 Å². The van der Waals surface area contributed by atoms with Gasteiger partial charge >= 0.3 is 0 Å². The second-order valence-corrected chi connectivity index (χ2v) is 6.20. The Morgan fingerprint density at radius 3 is 2.43 bits per heavy atom. The van der Waals surface area contributed by atoms with Gasteiger partial charge in [-0.05, 0) is 52.3 Å². The summed E-state index contributed by atoms with van der Waals surface area (Å²) in [5, 5.41) is 9.32. The largest absolute Gasteiger partial charge is 0.455 e. The van der Waals surface area contributed by atoms with Crippen LogP contribution in [-0.4, -0.2) is 0 Å². The van der Waals surface area contributed by atoms with Gasteiger partial charge in [-0.15, -0.1) is 0 Å². The summed E-state index contributed by atoms with van der Waals surface area (Å²) in [4.78, 5) is 12.2. The Kier molecular flexibility index (Phi) is 3.66. The molecule has 1 heterocycles. The van der Waals surface area contributed by atoms with E-state index in [0.29, 0.717) is 26.8 Å². The number of hydrogen-bond acceptors (Lipinski definition) is 3. The van der Waals surface area contributed by atoms with Crippen LogP contribution in [0.5, 0.6) is 0 Å². The van der Waals surface area contributed by atoms with Crippen LogP contribution < -0.4 is 5.43 Å². The van der Waals surface area contributed by atoms with E-state index in [1.54, 1.807) is 30.3 Å². The van der Waals surface area contributed by atoms with E-state index in [-0.39, 0.29) is 5.43 Å². The third kappa shape index (κ3) is 2.65.